The van der Waals surface area contributed by atoms with E-state index in [2.05, 4.69) is 5.32 Å². The molecule has 0 saturated carbocycles. The lowest BCUT2D eigenvalue weighted by atomic mass is 9.97. The van der Waals surface area contributed by atoms with E-state index in [1.807, 2.05) is 25.2 Å². The Morgan fingerprint density at radius 1 is 1.25 bits per heavy atom. The topological polar surface area (TPSA) is 107 Å². The van der Waals surface area contributed by atoms with E-state index in [-0.39, 0.29) is 18.1 Å². The third-order valence-corrected chi connectivity index (χ3v) is 4.65. The molecular weight excluding hydrogens is 360 g/mol. The molecule has 1 aromatic carbocycles. The molecule has 1 aliphatic carbocycles. The molecule has 2 amide bonds. The monoisotopic (exact) mass is 386 g/mol. The van der Waals surface area contributed by atoms with Crippen LogP contribution in [0.4, 0.5) is 0 Å². The third kappa shape index (κ3) is 5.45. The molecule has 0 bridgehead atoms. The predicted octanol–water partition coefficient (Wildman–Crippen LogP) is 2.02. The fraction of sp³-hybridized carbons (Fsp3) is 0.381. The molecule has 3 N–H and O–H groups in total. The number of nitrogens with zero attached hydrogens (tertiary/aromatic N) is 1. The summed E-state index contributed by atoms with van der Waals surface area (Å²) in [5.41, 5.74) is 1.73. The van der Waals surface area contributed by atoms with Gasteiger partial charge in [-0.1, -0.05) is 35.9 Å². The second-order valence-corrected chi connectivity index (χ2v) is 7.00. The quantitative estimate of drug-likeness (QED) is 0.665. The number of carboxylic acid groups (broad SMARTS) is 1. The van der Waals surface area contributed by atoms with E-state index in [1.165, 1.54) is 24.0 Å². The minimum Gasteiger partial charge on any atom is -0.508 e. The van der Waals surface area contributed by atoms with Crippen LogP contribution in [-0.4, -0.2) is 51.0 Å². The Bertz CT molecular complexity index is 798. The van der Waals surface area contributed by atoms with Crippen LogP contribution in [0, 0.1) is 0 Å². The van der Waals surface area contributed by atoms with Crippen LogP contribution >= 0.6 is 0 Å². The lowest BCUT2D eigenvalue weighted by Gasteiger charge is -2.37. The van der Waals surface area contributed by atoms with Crippen molar-refractivity contribution in [2.24, 2.45) is 0 Å². The van der Waals surface area contributed by atoms with Crippen molar-refractivity contribution in [2.75, 3.05) is 0 Å². The van der Waals surface area contributed by atoms with E-state index >= 15 is 0 Å². The minimum absolute atomic E-state index is 0.0821. The van der Waals surface area contributed by atoms with Gasteiger partial charge < -0.3 is 20.4 Å². The number of carbonyl (C=O) groups excluding carboxylic acids is 2. The number of hydrogen-bond donors (Lipinski definition) is 3. The van der Waals surface area contributed by atoms with Gasteiger partial charge in [0.15, 0.2) is 0 Å². The van der Waals surface area contributed by atoms with E-state index in [1.54, 1.807) is 19.1 Å². The fourth-order valence-corrected chi connectivity index (χ4v) is 3.22. The van der Waals surface area contributed by atoms with Crippen LogP contribution in [0.1, 0.15) is 32.8 Å². The zero-order valence-electron chi connectivity index (χ0n) is 16.3. The molecule has 0 saturated heterocycles. The van der Waals surface area contributed by atoms with Crippen LogP contribution in [0.25, 0.3) is 0 Å². The van der Waals surface area contributed by atoms with Gasteiger partial charge in [-0.25, -0.2) is 4.79 Å². The summed E-state index contributed by atoms with van der Waals surface area (Å²) in [6.45, 7) is 4.79. The average Bonchev–Trinajstić information content (AvgIpc) is 2.63. The number of hydrogen-bond acceptors (Lipinski definition) is 4. The zero-order valence-corrected chi connectivity index (χ0v) is 16.3. The number of aromatic hydroxyl groups is 1. The molecule has 1 aromatic rings. The molecule has 1 unspecified atom stereocenters. The van der Waals surface area contributed by atoms with Gasteiger partial charge in [0, 0.05) is 13.3 Å². The van der Waals surface area contributed by atoms with Crippen molar-refractivity contribution in [3.05, 3.63) is 53.6 Å². The molecule has 2 rings (SSSR count). The SMILES string of the molecule is CC(=O)N[C@@H](C)C(=O)N(C1C=CC(C)=CC1)[C@@H](Cc1ccc(O)cc1)C(=O)O. The largest absolute Gasteiger partial charge is 0.508 e. The normalized spacial score (nSPS) is 18.0. The fourth-order valence-electron chi connectivity index (χ4n) is 3.22. The maximum atomic E-state index is 13.1. The number of phenols is 1. The van der Waals surface area contributed by atoms with Crippen molar-refractivity contribution in [1.82, 2.24) is 10.2 Å². The summed E-state index contributed by atoms with van der Waals surface area (Å²) in [6, 6.07) is 3.83. The highest BCUT2D eigenvalue weighted by Gasteiger charge is 2.36. The number of amides is 2. The number of benzene rings is 1. The van der Waals surface area contributed by atoms with Crippen LogP contribution in [0.2, 0.25) is 0 Å². The zero-order chi connectivity index (χ0) is 20.8. The third-order valence-electron chi connectivity index (χ3n) is 4.65. The summed E-state index contributed by atoms with van der Waals surface area (Å²) in [5, 5.41) is 21.9. The molecular formula is C21H26N2O5. The second-order valence-electron chi connectivity index (χ2n) is 7.00. The Morgan fingerprint density at radius 3 is 2.39 bits per heavy atom. The van der Waals surface area contributed by atoms with Crippen LogP contribution < -0.4 is 5.32 Å². The molecule has 0 fully saturated rings. The number of rotatable bonds is 7. The Morgan fingerprint density at radius 2 is 1.89 bits per heavy atom. The highest BCUT2D eigenvalue weighted by molar-refractivity contribution is 5.90. The number of carbonyl (C=O) groups is 3. The van der Waals surface area contributed by atoms with Crippen LogP contribution in [-0.2, 0) is 20.8 Å². The van der Waals surface area contributed by atoms with Crippen molar-refractivity contribution >= 4 is 17.8 Å². The van der Waals surface area contributed by atoms with Crippen molar-refractivity contribution in [2.45, 2.75) is 51.7 Å². The van der Waals surface area contributed by atoms with E-state index in [9.17, 15) is 24.6 Å². The smallest absolute Gasteiger partial charge is 0.326 e. The van der Waals surface area contributed by atoms with Crippen LogP contribution in [0.3, 0.4) is 0 Å². The van der Waals surface area contributed by atoms with Crippen LogP contribution in [0.5, 0.6) is 5.75 Å². The van der Waals surface area contributed by atoms with E-state index in [4.69, 9.17) is 0 Å². The molecule has 28 heavy (non-hydrogen) atoms. The summed E-state index contributed by atoms with van der Waals surface area (Å²) in [7, 11) is 0. The van der Waals surface area contributed by atoms with Crippen molar-refractivity contribution in [3.8, 4) is 5.75 Å². The van der Waals surface area contributed by atoms with E-state index < -0.39 is 30.0 Å². The first-order valence-corrected chi connectivity index (χ1v) is 9.14. The van der Waals surface area contributed by atoms with Crippen molar-refractivity contribution in [1.29, 1.82) is 0 Å². The van der Waals surface area contributed by atoms with Gasteiger partial charge in [0.25, 0.3) is 0 Å². The summed E-state index contributed by atoms with van der Waals surface area (Å²) in [4.78, 5) is 37.9. The number of nitrogens with one attached hydrogen (secondary N) is 1. The van der Waals surface area contributed by atoms with E-state index in [0.717, 1.165) is 5.57 Å². The van der Waals surface area contributed by atoms with Gasteiger partial charge in [0.2, 0.25) is 11.8 Å². The first-order chi connectivity index (χ1) is 13.2. The molecule has 1 aliphatic rings. The second kappa shape index (κ2) is 9.21. The molecule has 0 aromatic heterocycles. The molecule has 7 nitrogen and oxygen atoms in total. The molecule has 150 valence electrons. The summed E-state index contributed by atoms with van der Waals surface area (Å²) < 4.78 is 0. The number of allylic oxidation sites excluding steroid dienone is 2. The summed E-state index contributed by atoms with van der Waals surface area (Å²) in [5.74, 6) is -1.86. The lowest BCUT2D eigenvalue weighted by molar-refractivity contribution is -0.152. The minimum atomic E-state index is -1.13. The number of aliphatic carboxylic acids is 1. The van der Waals surface area contributed by atoms with Gasteiger partial charge in [0.05, 0.1) is 6.04 Å². The van der Waals surface area contributed by atoms with Gasteiger partial charge in [-0.2, -0.15) is 0 Å². The summed E-state index contributed by atoms with van der Waals surface area (Å²) >= 11 is 0. The Hall–Kier alpha value is -3.09. The Labute approximate surface area is 164 Å². The maximum Gasteiger partial charge on any atom is 0.326 e. The Kier molecular flexibility index (Phi) is 6.98. The van der Waals surface area contributed by atoms with Crippen LogP contribution in [0.15, 0.2) is 48.1 Å². The molecule has 7 heteroatoms. The number of phenolic OH excluding ortho intramolecular Hbond substituents is 1. The molecule has 3 atom stereocenters. The summed E-state index contributed by atoms with van der Waals surface area (Å²) in [6.07, 6.45) is 6.21. The first kappa shape index (κ1) is 21.2. The number of carboxylic acids is 1. The van der Waals surface area contributed by atoms with Gasteiger partial charge in [0.1, 0.15) is 17.8 Å². The van der Waals surface area contributed by atoms with Crippen molar-refractivity contribution < 1.29 is 24.6 Å². The highest BCUT2D eigenvalue weighted by atomic mass is 16.4. The molecule has 0 radical (unpaired) electrons. The first-order valence-electron chi connectivity index (χ1n) is 9.14. The maximum absolute atomic E-state index is 13.1. The van der Waals surface area contributed by atoms with Gasteiger partial charge >= 0.3 is 5.97 Å². The molecule has 0 heterocycles. The predicted molar refractivity (Wildman–Crippen MR) is 105 cm³/mol. The van der Waals surface area contributed by atoms with E-state index in [0.29, 0.717) is 12.0 Å². The molecule has 0 aliphatic heterocycles. The standard InChI is InChI=1S/C21H26N2O5/c1-13-4-8-17(9-5-13)23(20(26)14(2)22-15(3)24)19(21(27)28)12-16-6-10-18(25)11-7-16/h4-8,10-11,14,17,19,25H,9,12H2,1-3H3,(H,22,24)(H,27,28)/t14-,17?,19-/m0/s1. The van der Waals surface area contributed by atoms with Gasteiger partial charge in [-0.3, -0.25) is 9.59 Å². The van der Waals surface area contributed by atoms with Gasteiger partial charge in [-0.15, -0.1) is 0 Å². The van der Waals surface area contributed by atoms with Gasteiger partial charge in [-0.05, 0) is 38.0 Å². The average molecular weight is 386 g/mol. The van der Waals surface area contributed by atoms with Crippen molar-refractivity contribution in [3.63, 3.8) is 0 Å². The Balaban J connectivity index is 2.36. The lowest BCUT2D eigenvalue weighted by Crippen LogP contribution is -2.57. The highest BCUT2D eigenvalue weighted by Crippen LogP contribution is 2.22. The molecule has 0 spiro atoms.